The minimum atomic E-state index is -4.68. The fraction of sp³-hybridized carbons (Fsp3) is 0.143. The maximum Gasteiger partial charge on any atom is 0.416 e. The van der Waals surface area contributed by atoms with Gasteiger partial charge in [-0.15, -0.1) is 0 Å². The summed E-state index contributed by atoms with van der Waals surface area (Å²) >= 11 is 11.4. The monoisotopic (exact) mass is 401 g/mol. The molecule has 2 rings (SSSR count). The first-order chi connectivity index (χ1) is 11.0. The maximum absolute atomic E-state index is 13.7. The van der Waals surface area contributed by atoms with Crippen LogP contribution in [0.1, 0.15) is 11.1 Å². The SMILES string of the molecule is O=S(=O)(NCc1ccc(C(F)(F)F)cc1F)c1cc(Cl)cc(Cl)c1. The standard InChI is InChI=1S/C14H9Cl2F4NO2S/c15-10-4-11(16)6-12(5-10)24(22,23)21-7-8-1-2-9(3-13(8)17)14(18,19)20/h1-6,21H,7H2. The predicted molar refractivity (Wildman–Crippen MR) is 81.9 cm³/mol. The fourth-order valence-electron chi connectivity index (χ4n) is 1.81. The summed E-state index contributed by atoms with van der Waals surface area (Å²) in [4.78, 5) is -0.243. The molecule has 0 atom stereocenters. The van der Waals surface area contributed by atoms with Gasteiger partial charge in [-0.2, -0.15) is 13.2 Å². The van der Waals surface area contributed by atoms with Gasteiger partial charge in [0.15, 0.2) is 0 Å². The lowest BCUT2D eigenvalue weighted by Crippen LogP contribution is -2.24. The van der Waals surface area contributed by atoms with E-state index in [1.807, 2.05) is 0 Å². The van der Waals surface area contributed by atoms with Gasteiger partial charge in [-0.3, -0.25) is 0 Å². The molecule has 0 fully saturated rings. The number of sulfonamides is 1. The van der Waals surface area contributed by atoms with E-state index < -0.39 is 34.1 Å². The van der Waals surface area contributed by atoms with Crippen molar-refractivity contribution < 1.29 is 26.0 Å². The third-order valence-corrected chi connectivity index (χ3v) is 4.80. The molecule has 0 saturated carbocycles. The van der Waals surface area contributed by atoms with Crippen molar-refractivity contribution in [2.75, 3.05) is 0 Å². The molecule has 24 heavy (non-hydrogen) atoms. The molecule has 1 N–H and O–H groups in total. The summed E-state index contributed by atoms with van der Waals surface area (Å²) < 4.78 is 77.4. The third-order valence-electron chi connectivity index (χ3n) is 2.98. The van der Waals surface area contributed by atoms with Gasteiger partial charge in [-0.25, -0.2) is 17.5 Å². The summed E-state index contributed by atoms with van der Waals surface area (Å²) in [6, 6.07) is 5.45. The number of alkyl halides is 3. The molecule has 3 nitrogen and oxygen atoms in total. The van der Waals surface area contributed by atoms with Crippen LogP contribution in [0, 0.1) is 5.82 Å². The van der Waals surface area contributed by atoms with Crippen molar-refractivity contribution in [1.29, 1.82) is 0 Å². The van der Waals surface area contributed by atoms with Crippen LogP contribution >= 0.6 is 23.2 Å². The number of hydrogen-bond donors (Lipinski definition) is 1. The Morgan fingerprint density at radius 2 is 1.58 bits per heavy atom. The Morgan fingerprint density at radius 1 is 1.00 bits per heavy atom. The van der Waals surface area contributed by atoms with E-state index in [9.17, 15) is 26.0 Å². The van der Waals surface area contributed by atoms with Crippen LogP contribution in [-0.2, 0) is 22.7 Å². The molecule has 0 aliphatic heterocycles. The van der Waals surface area contributed by atoms with E-state index in [0.29, 0.717) is 12.1 Å². The molecule has 0 saturated heterocycles. The van der Waals surface area contributed by atoms with E-state index in [4.69, 9.17) is 23.2 Å². The lowest BCUT2D eigenvalue weighted by molar-refractivity contribution is -0.137. The van der Waals surface area contributed by atoms with Crippen molar-refractivity contribution >= 4 is 33.2 Å². The van der Waals surface area contributed by atoms with Crippen LogP contribution in [0.5, 0.6) is 0 Å². The Morgan fingerprint density at radius 3 is 2.08 bits per heavy atom. The first kappa shape index (κ1) is 19.0. The quantitative estimate of drug-likeness (QED) is 0.759. The minimum Gasteiger partial charge on any atom is -0.207 e. The smallest absolute Gasteiger partial charge is 0.207 e. The van der Waals surface area contributed by atoms with Gasteiger partial charge in [-0.05, 0) is 30.3 Å². The Balaban J connectivity index is 2.21. The number of halogens is 6. The Bertz CT molecular complexity index is 849. The summed E-state index contributed by atoms with van der Waals surface area (Å²) in [5, 5.41) is 0.173. The van der Waals surface area contributed by atoms with Gasteiger partial charge in [0.05, 0.1) is 10.5 Å². The topological polar surface area (TPSA) is 46.2 Å². The molecule has 10 heteroatoms. The highest BCUT2D eigenvalue weighted by atomic mass is 35.5. The summed E-state index contributed by atoms with van der Waals surface area (Å²) in [6.07, 6.45) is -4.68. The zero-order chi connectivity index (χ0) is 18.1. The molecule has 0 aliphatic carbocycles. The first-order valence-corrected chi connectivity index (χ1v) is 8.54. The molecule has 0 spiro atoms. The van der Waals surface area contributed by atoms with E-state index >= 15 is 0 Å². The number of rotatable bonds is 4. The molecular formula is C14H9Cl2F4NO2S. The molecule has 130 valence electrons. The van der Waals surface area contributed by atoms with Crippen molar-refractivity contribution in [1.82, 2.24) is 4.72 Å². The van der Waals surface area contributed by atoms with Gasteiger partial charge in [0, 0.05) is 22.2 Å². The van der Waals surface area contributed by atoms with Gasteiger partial charge in [-0.1, -0.05) is 29.3 Å². The van der Waals surface area contributed by atoms with Crippen LogP contribution < -0.4 is 4.72 Å². The molecule has 0 heterocycles. The molecule has 0 aromatic heterocycles. The highest BCUT2D eigenvalue weighted by molar-refractivity contribution is 7.89. The lowest BCUT2D eigenvalue weighted by Gasteiger charge is -2.11. The summed E-state index contributed by atoms with van der Waals surface area (Å²) in [7, 11) is -4.07. The first-order valence-electron chi connectivity index (χ1n) is 6.30. The molecule has 0 aliphatic rings. The molecule has 2 aromatic rings. The van der Waals surface area contributed by atoms with E-state index in [2.05, 4.69) is 4.72 Å². The fourth-order valence-corrected chi connectivity index (χ4v) is 3.54. The van der Waals surface area contributed by atoms with Gasteiger partial charge in [0.1, 0.15) is 5.82 Å². The number of hydrogen-bond acceptors (Lipinski definition) is 2. The van der Waals surface area contributed by atoms with E-state index in [0.717, 1.165) is 18.2 Å². The predicted octanol–water partition coefficient (Wildman–Crippen LogP) is 4.63. The molecule has 0 bridgehead atoms. The van der Waals surface area contributed by atoms with E-state index in [-0.39, 0.29) is 20.5 Å². The van der Waals surface area contributed by atoms with Gasteiger partial charge >= 0.3 is 6.18 Å². The summed E-state index contributed by atoms with van der Waals surface area (Å²) in [6.45, 7) is -0.531. The largest absolute Gasteiger partial charge is 0.416 e. The van der Waals surface area contributed by atoms with Crippen molar-refractivity contribution in [3.8, 4) is 0 Å². The van der Waals surface area contributed by atoms with Crippen molar-refractivity contribution in [3.05, 3.63) is 63.4 Å². The highest BCUT2D eigenvalue weighted by Gasteiger charge is 2.31. The lowest BCUT2D eigenvalue weighted by atomic mass is 10.1. The van der Waals surface area contributed by atoms with Gasteiger partial charge in [0.2, 0.25) is 10.0 Å². The van der Waals surface area contributed by atoms with Crippen LogP contribution in [0.4, 0.5) is 17.6 Å². The average Bonchev–Trinajstić information content (AvgIpc) is 2.44. The summed E-state index contributed by atoms with van der Waals surface area (Å²) in [5.41, 5.74) is -1.40. The van der Waals surface area contributed by atoms with Gasteiger partial charge < -0.3 is 0 Å². The van der Waals surface area contributed by atoms with Crippen LogP contribution in [0.2, 0.25) is 10.0 Å². The molecule has 0 amide bonds. The summed E-state index contributed by atoms with van der Waals surface area (Å²) in [5.74, 6) is -1.17. The van der Waals surface area contributed by atoms with E-state index in [1.54, 1.807) is 0 Å². The zero-order valence-corrected chi connectivity index (χ0v) is 14.0. The molecule has 2 aromatic carbocycles. The highest BCUT2D eigenvalue weighted by Crippen LogP contribution is 2.30. The number of benzene rings is 2. The Labute approximate surface area is 145 Å². The Kier molecular flexibility index (Phi) is 5.44. The molecule has 0 unspecified atom stereocenters. The third kappa shape index (κ3) is 4.60. The maximum atomic E-state index is 13.7. The van der Waals surface area contributed by atoms with Crippen molar-refractivity contribution in [3.63, 3.8) is 0 Å². The normalized spacial score (nSPS) is 12.4. The minimum absolute atomic E-state index is 0.0867. The number of nitrogens with one attached hydrogen (secondary N) is 1. The molecular weight excluding hydrogens is 393 g/mol. The van der Waals surface area contributed by atoms with Crippen LogP contribution in [0.25, 0.3) is 0 Å². The van der Waals surface area contributed by atoms with E-state index in [1.165, 1.54) is 6.07 Å². The Hall–Kier alpha value is -1.35. The van der Waals surface area contributed by atoms with Crippen LogP contribution in [0.3, 0.4) is 0 Å². The second-order valence-electron chi connectivity index (χ2n) is 4.73. The molecule has 0 radical (unpaired) electrons. The van der Waals surface area contributed by atoms with Gasteiger partial charge in [0.25, 0.3) is 0 Å². The van der Waals surface area contributed by atoms with Crippen LogP contribution in [0.15, 0.2) is 41.3 Å². The second-order valence-corrected chi connectivity index (χ2v) is 7.37. The van der Waals surface area contributed by atoms with Crippen molar-refractivity contribution in [2.45, 2.75) is 17.6 Å². The second kappa shape index (κ2) is 6.87. The average molecular weight is 402 g/mol. The van der Waals surface area contributed by atoms with Crippen LogP contribution in [-0.4, -0.2) is 8.42 Å². The van der Waals surface area contributed by atoms with Crippen molar-refractivity contribution in [2.24, 2.45) is 0 Å². The zero-order valence-electron chi connectivity index (χ0n) is 11.7.